The maximum absolute atomic E-state index is 9.49. The number of hydrogen-bond acceptors (Lipinski definition) is 8. The molecule has 3 aromatic rings. The van der Waals surface area contributed by atoms with Crippen molar-refractivity contribution < 1.29 is 24.2 Å². The van der Waals surface area contributed by atoms with Crippen LogP contribution in [0.15, 0.2) is 28.8 Å². The van der Waals surface area contributed by atoms with Crippen LogP contribution in [-0.4, -0.2) is 51.8 Å². The van der Waals surface area contributed by atoms with E-state index in [-0.39, 0.29) is 17.4 Å². The largest absolute Gasteiger partial charge is 0.493 e. The Morgan fingerprint density at radius 3 is 2.67 bits per heavy atom. The van der Waals surface area contributed by atoms with E-state index in [1.54, 1.807) is 12.1 Å². The van der Waals surface area contributed by atoms with Gasteiger partial charge in [0.15, 0.2) is 11.5 Å². The number of pyridine rings is 1. The topological polar surface area (TPSA) is 111 Å². The molecule has 30 heavy (non-hydrogen) atoms. The predicted molar refractivity (Wildman–Crippen MR) is 112 cm³/mol. The number of rotatable bonds is 9. The molecule has 0 spiro atoms. The highest BCUT2D eigenvalue weighted by Gasteiger charge is 2.18. The fourth-order valence-corrected chi connectivity index (χ4v) is 3.19. The van der Waals surface area contributed by atoms with Crippen LogP contribution in [0.2, 0.25) is 5.02 Å². The van der Waals surface area contributed by atoms with Gasteiger partial charge in [0.1, 0.15) is 12.7 Å². The van der Waals surface area contributed by atoms with Gasteiger partial charge in [-0.3, -0.25) is 4.98 Å². The van der Waals surface area contributed by atoms with Crippen LogP contribution in [0.3, 0.4) is 0 Å². The summed E-state index contributed by atoms with van der Waals surface area (Å²) < 4.78 is 16.3. The van der Waals surface area contributed by atoms with Crippen molar-refractivity contribution in [1.29, 1.82) is 0 Å². The average molecular weight is 434 g/mol. The number of nitrogens with zero attached hydrogens (tertiary/aromatic N) is 3. The predicted octanol–water partition coefficient (Wildman–Crippen LogP) is 3.45. The summed E-state index contributed by atoms with van der Waals surface area (Å²) in [5.41, 5.74) is 3.25. The lowest BCUT2D eigenvalue weighted by atomic mass is 10.1. The van der Waals surface area contributed by atoms with Crippen LogP contribution in [-0.2, 0) is 6.42 Å². The Balaban J connectivity index is 1.91. The summed E-state index contributed by atoms with van der Waals surface area (Å²) in [6.07, 6.45) is 0.841. The monoisotopic (exact) mass is 433 g/mol. The zero-order valence-corrected chi connectivity index (χ0v) is 17.8. The molecule has 0 aliphatic heterocycles. The smallest absolute Gasteiger partial charge is 0.258 e. The highest BCUT2D eigenvalue weighted by Crippen LogP contribution is 2.39. The van der Waals surface area contributed by atoms with E-state index in [4.69, 9.17) is 30.7 Å². The van der Waals surface area contributed by atoms with Gasteiger partial charge >= 0.3 is 0 Å². The third kappa shape index (κ3) is 5.08. The van der Waals surface area contributed by atoms with Crippen molar-refractivity contribution >= 4 is 11.6 Å². The highest BCUT2D eigenvalue weighted by atomic mass is 35.5. The molecule has 0 amide bonds. The molecular formula is C21H24ClN3O5. The number of aliphatic hydroxyl groups excluding tert-OH is 2. The Bertz CT molecular complexity index is 1010. The van der Waals surface area contributed by atoms with Crippen LogP contribution < -0.4 is 9.47 Å². The number of benzene rings is 1. The normalized spacial score (nSPS) is 12.1. The fraction of sp³-hybridized carbons (Fsp3) is 0.381. The molecule has 0 aliphatic rings. The van der Waals surface area contributed by atoms with Crippen molar-refractivity contribution in [1.82, 2.24) is 15.1 Å². The lowest BCUT2D eigenvalue weighted by molar-refractivity contribution is 0.0528. The van der Waals surface area contributed by atoms with Gasteiger partial charge in [-0.05, 0) is 37.6 Å². The molecule has 3 rings (SSSR count). The molecule has 0 fully saturated rings. The van der Waals surface area contributed by atoms with Crippen molar-refractivity contribution in [3.63, 3.8) is 0 Å². The molecule has 0 saturated heterocycles. The maximum atomic E-state index is 9.49. The molecule has 1 atom stereocenters. The molecule has 2 heterocycles. The SMILES string of the molecule is CCCc1cc(-c2nc(-c3cc(Cl)c(OC[C@@H](O)CO)c(OC)c3)no2)cc(C)n1. The minimum atomic E-state index is -1.02. The third-order valence-corrected chi connectivity index (χ3v) is 4.58. The summed E-state index contributed by atoms with van der Waals surface area (Å²) in [5.74, 6) is 1.33. The van der Waals surface area contributed by atoms with E-state index in [9.17, 15) is 5.11 Å². The Kier molecular flexibility index (Phi) is 7.25. The van der Waals surface area contributed by atoms with E-state index < -0.39 is 12.7 Å². The molecule has 0 aliphatic carbocycles. The van der Waals surface area contributed by atoms with Gasteiger partial charge in [-0.15, -0.1) is 0 Å². The summed E-state index contributed by atoms with van der Waals surface area (Å²) in [6.45, 7) is 3.48. The van der Waals surface area contributed by atoms with E-state index in [2.05, 4.69) is 22.0 Å². The minimum absolute atomic E-state index is 0.125. The van der Waals surface area contributed by atoms with Crippen LogP contribution in [0.25, 0.3) is 22.8 Å². The molecule has 2 aromatic heterocycles. The lowest BCUT2D eigenvalue weighted by Gasteiger charge is -2.15. The molecular weight excluding hydrogens is 410 g/mol. The van der Waals surface area contributed by atoms with E-state index >= 15 is 0 Å². The summed E-state index contributed by atoms with van der Waals surface area (Å²) >= 11 is 6.35. The number of halogens is 1. The van der Waals surface area contributed by atoms with Crippen molar-refractivity contribution in [3.05, 3.63) is 40.7 Å². The average Bonchev–Trinajstić information content (AvgIpc) is 3.22. The quantitative estimate of drug-likeness (QED) is 0.527. The number of aryl methyl sites for hydroxylation is 2. The summed E-state index contributed by atoms with van der Waals surface area (Å²) in [6, 6.07) is 7.14. The zero-order valence-electron chi connectivity index (χ0n) is 17.1. The van der Waals surface area contributed by atoms with E-state index in [0.29, 0.717) is 23.0 Å². The molecule has 0 saturated carbocycles. The zero-order chi connectivity index (χ0) is 21.7. The molecule has 8 nitrogen and oxygen atoms in total. The van der Waals surface area contributed by atoms with Crippen molar-refractivity contribution in [2.24, 2.45) is 0 Å². The number of hydrogen-bond donors (Lipinski definition) is 2. The maximum Gasteiger partial charge on any atom is 0.258 e. The first-order valence-corrected chi connectivity index (χ1v) is 9.94. The van der Waals surface area contributed by atoms with Crippen LogP contribution in [0.1, 0.15) is 24.7 Å². The number of aromatic nitrogens is 3. The highest BCUT2D eigenvalue weighted by molar-refractivity contribution is 6.32. The van der Waals surface area contributed by atoms with Crippen molar-refractivity contribution in [2.75, 3.05) is 20.3 Å². The molecule has 160 valence electrons. The molecule has 9 heteroatoms. The first kappa shape index (κ1) is 22.0. The summed E-state index contributed by atoms with van der Waals surface area (Å²) in [5, 5.41) is 22.8. The lowest BCUT2D eigenvalue weighted by Crippen LogP contribution is -2.21. The second kappa shape index (κ2) is 9.88. The number of ether oxygens (including phenoxy) is 2. The second-order valence-corrected chi connectivity index (χ2v) is 7.21. The van der Waals surface area contributed by atoms with E-state index in [0.717, 1.165) is 29.8 Å². The van der Waals surface area contributed by atoms with Gasteiger partial charge in [-0.25, -0.2) is 0 Å². The molecule has 0 bridgehead atoms. The molecule has 2 N–H and O–H groups in total. The number of methoxy groups -OCH3 is 1. The van der Waals surface area contributed by atoms with Crippen LogP contribution in [0.4, 0.5) is 0 Å². The molecule has 0 radical (unpaired) electrons. The van der Waals surface area contributed by atoms with Gasteiger partial charge in [0.2, 0.25) is 5.82 Å². The van der Waals surface area contributed by atoms with Crippen LogP contribution >= 0.6 is 11.6 Å². The molecule has 0 unspecified atom stereocenters. The first-order chi connectivity index (χ1) is 14.4. The van der Waals surface area contributed by atoms with Gasteiger partial charge in [-0.2, -0.15) is 4.98 Å². The van der Waals surface area contributed by atoms with Gasteiger partial charge < -0.3 is 24.2 Å². The third-order valence-electron chi connectivity index (χ3n) is 4.30. The standard InChI is InChI=1S/C21H24ClN3O5/c1-4-5-15-7-14(6-12(2)23-15)21-24-20(25-30-21)13-8-17(22)19(18(9-13)28-3)29-11-16(27)10-26/h6-9,16,26-27H,4-5,10-11H2,1-3H3/t16-/m0/s1. The van der Waals surface area contributed by atoms with Gasteiger partial charge in [-0.1, -0.05) is 30.1 Å². The van der Waals surface area contributed by atoms with E-state index in [1.165, 1.54) is 7.11 Å². The Hall–Kier alpha value is -2.68. The Morgan fingerprint density at radius 1 is 1.17 bits per heavy atom. The summed E-state index contributed by atoms with van der Waals surface area (Å²) in [4.78, 5) is 9.02. The minimum Gasteiger partial charge on any atom is -0.493 e. The van der Waals surface area contributed by atoms with Crippen molar-refractivity contribution in [3.8, 4) is 34.3 Å². The van der Waals surface area contributed by atoms with Crippen molar-refractivity contribution in [2.45, 2.75) is 32.8 Å². The second-order valence-electron chi connectivity index (χ2n) is 6.80. The summed E-state index contributed by atoms with van der Waals surface area (Å²) in [7, 11) is 1.47. The van der Waals surface area contributed by atoms with Gasteiger partial charge in [0, 0.05) is 22.5 Å². The fourth-order valence-electron chi connectivity index (χ4n) is 2.92. The van der Waals surface area contributed by atoms with Crippen LogP contribution in [0.5, 0.6) is 11.5 Å². The first-order valence-electron chi connectivity index (χ1n) is 9.56. The van der Waals surface area contributed by atoms with Crippen LogP contribution in [0, 0.1) is 6.92 Å². The molecule has 1 aromatic carbocycles. The number of aliphatic hydroxyl groups is 2. The Labute approximate surface area is 179 Å². The van der Waals surface area contributed by atoms with E-state index in [1.807, 2.05) is 19.1 Å². The van der Waals surface area contributed by atoms with Gasteiger partial charge in [0.25, 0.3) is 5.89 Å². The Morgan fingerprint density at radius 2 is 1.97 bits per heavy atom. The van der Waals surface area contributed by atoms with Gasteiger partial charge in [0.05, 0.1) is 18.7 Å².